The lowest BCUT2D eigenvalue weighted by Crippen LogP contribution is -1.91. The van der Waals surface area contributed by atoms with Crippen LogP contribution >= 0.6 is 0 Å². The molecule has 0 aromatic heterocycles. The fraction of sp³-hybridized carbons (Fsp3) is 0.200. The summed E-state index contributed by atoms with van der Waals surface area (Å²) in [5.41, 5.74) is 1.67. The molecule has 4 heteroatoms. The SMILES string of the molecule is COc1cc(O)cc(-c2ccc(OC)cc2OC)c1. The van der Waals surface area contributed by atoms with E-state index >= 15 is 0 Å². The second-order valence-corrected chi connectivity index (χ2v) is 3.99. The van der Waals surface area contributed by atoms with Crippen LogP contribution in [0.2, 0.25) is 0 Å². The van der Waals surface area contributed by atoms with Crippen LogP contribution in [0.5, 0.6) is 23.0 Å². The van der Waals surface area contributed by atoms with Crippen molar-refractivity contribution in [2.24, 2.45) is 0 Å². The van der Waals surface area contributed by atoms with Gasteiger partial charge in [-0.2, -0.15) is 0 Å². The molecule has 0 saturated carbocycles. The number of ether oxygens (including phenoxy) is 3. The highest BCUT2D eigenvalue weighted by molar-refractivity contribution is 5.74. The maximum atomic E-state index is 9.71. The van der Waals surface area contributed by atoms with E-state index in [2.05, 4.69) is 0 Å². The molecule has 0 spiro atoms. The fourth-order valence-corrected chi connectivity index (χ4v) is 1.89. The predicted octanol–water partition coefficient (Wildman–Crippen LogP) is 3.09. The maximum Gasteiger partial charge on any atom is 0.130 e. The van der Waals surface area contributed by atoms with Crippen molar-refractivity contribution in [3.63, 3.8) is 0 Å². The number of hydrogen-bond acceptors (Lipinski definition) is 4. The minimum Gasteiger partial charge on any atom is -0.508 e. The monoisotopic (exact) mass is 260 g/mol. The van der Waals surface area contributed by atoms with Gasteiger partial charge in [0.15, 0.2) is 0 Å². The molecule has 2 aromatic rings. The molecule has 0 heterocycles. The van der Waals surface area contributed by atoms with Gasteiger partial charge in [0.25, 0.3) is 0 Å². The summed E-state index contributed by atoms with van der Waals surface area (Å²) in [6.07, 6.45) is 0. The van der Waals surface area contributed by atoms with Crippen LogP contribution in [0.4, 0.5) is 0 Å². The van der Waals surface area contributed by atoms with Crippen LogP contribution < -0.4 is 14.2 Å². The third-order valence-electron chi connectivity index (χ3n) is 2.85. The largest absolute Gasteiger partial charge is 0.508 e. The Morgan fingerprint density at radius 1 is 0.789 bits per heavy atom. The molecule has 0 atom stereocenters. The molecule has 0 radical (unpaired) electrons. The first-order chi connectivity index (χ1) is 9.17. The number of aromatic hydroxyl groups is 1. The van der Waals surface area contributed by atoms with Gasteiger partial charge in [-0.1, -0.05) is 0 Å². The van der Waals surface area contributed by atoms with Crippen molar-refractivity contribution in [2.75, 3.05) is 21.3 Å². The predicted molar refractivity (Wildman–Crippen MR) is 73.2 cm³/mol. The average molecular weight is 260 g/mol. The molecule has 0 unspecified atom stereocenters. The molecular formula is C15H16O4. The Labute approximate surface area is 112 Å². The molecule has 4 nitrogen and oxygen atoms in total. The lowest BCUT2D eigenvalue weighted by molar-refractivity contribution is 0.395. The smallest absolute Gasteiger partial charge is 0.130 e. The van der Waals surface area contributed by atoms with Gasteiger partial charge in [0.1, 0.15) is 23.0 Å². The molecule has 2 rings (SSSR count). The number of hydrogen-bond donors (Lipinski definition) is 1. The summed E-state index contributed by atoms with van der Waals surface area (Å²) >= 11 is 0. The summed E-state index contributed by atoms with van der Waals surface area (Å²) in [6.45, 7) is 0. The molecule has 0 aliphatic heterocycles. The molecule has 0 aliphatic carbocycles. The summed E-state index contributed by atoms with van der Waals surface area (Å²) in [6, 6.07) is 10.6. The van der Waals surface area contributed by atoms with Crippen molar-refractivity contribution >= 4 is 0 Å². The van der Waals surface area contributed by atoms with Crippen LogP contribution in [0.25, 0.3) is 11.1 Å². The second kappa shape index (κ2) is 5.52. The Bertz CT molecular complexity index is 578. The van der Waals surface area contributed by atoms with Gasteiger partial charge in [-0.05, 0) is 29.8 Å². The number of rotatable bonds is 4. The zero-order valence-corrected chi connectivity index (χ0v) is 11.1. The molecule has 0 amide bonds. The topological polar surface area (TPSA) is 47.9 Å². The minimum absolute atomic E-state index is 0.146. The van der Waals surface area contributed by atoms with Crippen molar-refractivity contribution in [1.82, 2.24) is 0 Å². The van der Waals surface area contributed by atoms with Gasteiger partial charge < -0.3 is 19.3 Å². The van der Waals surface area contributed by atoms with E-state index in [-0.39, 0.29) is 5.75 Å². The number of phenolic OH excluding ortho intramolecular Hbond substituents is 1. The molecule has 0 saturated heterocycles. The third-order valence-corrected chi connectivity index (χ3v) is 2.85. The molecule has 0 fully saturated rings. The molecule has 0 bridgehead atoms. The minimum atomic E-state index is 0.146. The van der Waals surface area contributed by atoms with E-state index in [1.165, 1.54) is 0 Å². The first kappa shape index (κ1) is 13.1. The Hall–Kier alpha value is -2.36. The van der Waals surface area contributed by atoms with Crippen LogP contribution in [0.15, 0.2) is 36.4 Å². The van der Waals surface area contributed by atoms with Gasteiger partial charge in [-0.15, -0.1) is 0 Å². The van der Waals surface area contributed by atoms with Gasteiger partial charge in [0.05, 0.1) is 21.3 Å². The van der Waals surface area contributed by atoms with Crippen LogP contribution in [0, 0.1) is 0 Å². The average Bonchev–Trinajstić information content (AvgIpc) is 2.45. The first-order valence-electron chi connectivity index (χ1n) is 5.78. The zero-order chi connectivity index (χ0) is 13.8. The standard InChI is InChI=1S/C15H16O4/c1-17-12-4-5-14(15(9-12)19-3)10-6-11(16)8-13(7-10)18-2/h4-9,16H,1-3H3. The number of methoxy groups -OCH3 is 3. The molecule has 2 aromatic carbocycles. The summed E-state index contributed by atoms with van der Waals surface area (Å²) in [4.78, 5) is 0. The molecule has 19 heavy (non-hydrogen) atoms. The van der Waals surface area contributed by atoms with Crippen molar-refractivity contribution in [3.05, 3.63) is 36.4 Å². The van der Waals surface area contributed by atoms with E-state index in [1.54, 1.807) is 39.5 Å². The van der Waals surface area contributed by atoms with Crippen molar-refractivity contribution in [3.8, 4) is 34.1 Å². The maximum absolute atomic E-state index is 9.71. The normalized spacial score (nSPS) is 10.1. The second-order valence-electron chi connectivity index (χ2n) is 3.99. The zero-order valence-electron chi connectivity index (χ0n) is 11.1. The summed E-state index contributed by atoms with van der Waals surface area (Å²) in [7, 11) is 4.76. The summed E-state index contributed by atoms with van der Waals surface area (Å²) in [5.74, 6) is 2.12. The Balaban J connectivity index is 2.54. The van der Waals surface area contributed by atoms with Gasteiger partial charge in [-0.25, -0.2) is 0 Å². The van der Waals surface area contributed by atoms with E-state index < -0.39 is 0 Å². The third kappa shape index (κ3) is 2.73. The van der Waals surface area contributed by atoms with Crippen LogP contribution in [0.1, 0.15) is 0 Å². The van der Waals surface area contributed by atoms with E-state index in [0.717, 1.165) is 11.1 Å². The Morgan fingerprint density at radius 3 is 2.16 bits per heavy atom. The number of phenols is 1. The van der Waals surface area contributed by atoms with Crippen molar-refractivity contribution in [2.45, 2.75) is 0 Å². The van der Waals surface area contributed by atoms with Gasteiger partial charge in [0.2, 0.25) is 0 Å². The van der Waals surface area contributed by atoms with Crippen LogP contribution in [0.3, 0.4) is 0 Å². The van der Waals surface area contributed by atoms with E-state index in [0.29, 0.717) is 17.2 Å². The van der Waals surface area contributed by atoms with Crippen LogP contribution in [-0.4, -0.2) is 26.4 Å². The highest BCUT2D eigenvalue weighted by Gasteiger charge is 2.10. The molecule has 100 valence electrons. The fourth-order valence-electron chi connectivity index (χ4n) is 1.89. The highest BCUT2D eigenvalue weighted by atomic mass is 16.5. The Kier molecular flexibility index (Phi) is 3.80. The van der Waals surface area contributed by atoms with Crippen molar-refractivity contribution < 1.29 is 19.3 Å². The Morgan fingerprint density at radius 2 is 1.53 bits per heavy atom. The summed E-state index contributed by atoms with van der Waals surface area (Å²) in [5, 5.41) is 9.71. The van der Waals surface area contributed by atoms with E-state index in [9.17, 15) is 5.11 Å². The van der Waals surface area contributed by atoms with Crippen molar-refractivity contribution in [1.29, 1.82) is 0 Å². The first-order valence-corrected chi connectivity index (χ1v) is 5.78. The summed E-state index contributed by atoms with van der Waals surface area (Å²) < 4.78 is 15.7. The lowest BCUT2D eigenvalue weighted by Gasteiger charge is -2.12. The lowest BCUT2D eigenvalue weighted by atomic mass is 10.0. The van der Waals surface area contributed by atoms with Crippen LogP contribution in [-0.2, 0) is 0 Å². The van der Waals surface area contributed by atoms with Gasteiger partial charge in [-0.3, -0.25) is 0 Å². The highest BCUT2D eigenvalue weighted by Crippen LogP contribution is 2.36. The van der Waals surface area contributed by atoms with E-state index in [1.807, 2.05) is 18.2 Å². The molecule has 1 N–H and O–H groups in total. The van der Waals surface area contributed by atoms with Gasteiger partial charge in [0, 0.05) is 17.7 Å². The molecule has 0 aliphatic rings. The van der Waals surface area contributed by atoms with Gasteiger partial charge >= 0.3 is 0 Å². The quantitative estimate of drug-likeness (QED) is 0.917. The number of benzene rings is 2. The molecular weight excluding hydrogens is 244 g/mol. The van der Waals surface area contributed by atoms with E-state index in [4.69, 9.17) is 14.2 Å².